The molecule has 0 radical (unpaired) electrons. The predicted molar refractivity (Wildman–Crippen MR) is 108 cm³/mol. The average Bonchev–Trinajstić information content (AvgIpc) is 2.67. The van der Waals surface area contributed by atoms with Gasteiger partial charge in [-0.25, -0.2) is 4.98 Å². The van der Waals surface area contributed by atoms with Gasteiger partial charge >= 0.3 is 0 Å². The van der Waals surface area contributed by atoms with Gasteiger partial charge in [0.1, 0.15) is 5.82 Å². The van der Waals surface area contributed by atoms with Crippen LogP contribution in [0.3, 0.4) is 0 Å². The molecule has 0 spiro atoms. The summed E-state index contributed by atoms with van der Waals surface area (Å²) in [4.78, 5) is 32.1. The molecule has 2 N–H and O–H groups in total. The molecule has 8 heteroatoms. The molecule has 1 aromatic heterocycles. The minimum Gasteiger partial charge on any atom is -0.490 e. The molecule has 1 aliphatic heterocycles. The molecule has 3 rings (SSSR count). The number of fused-ring (bicyclic) bond motifs is 1. The molecule has 0 aliphatic carbocycles. The topological polar surface area (TPSA) is 93.3 Å². The van der Waals surface area contributed by atoms with E-state index in [9.17, 15) is 9.59 Å². The fourth-order valence-electron chi connectivity index (χ4n) is 3.10. The molecule has 7 nitrogen and oxygen atoms in total. The maximum Gasteiger partial charge on any atom is 0.257 e. The van der Waals surface area contributed by atoms with E-state index in [1.807, 2.05) is 26.0 Å². The van der Waals surface area contributed by atoms with Gasteiger partial charge in [0.25, 0.3) is 5.56 Å². The van der Waals surface area contributed by atoms with Crippen LogP contribution in [0.5, 0.6) is 11.5 Å². The second-order valence-corrected chi connectivity index (χ2v) is 6.97. The smallest absolute Gasteiger partial charge is 0.257 e. The van der Waals surface area contributed by atoms with Gasteiger partial charge in [0, 0.05) is 12.3 Å². The van der Waals surface area contributed by atoms with Crippen molar-refractivity contribution in [1.29, 1.82) is 0 Å². The fourth-order valence-corrected chi connectivity index (χ4v) is 3.64. The number of carbonyl (C=O) groups excluding carboxylic acids is 1. The Balaban J connectivity index is 2.05. The van der Waals surface area contributed by atoms with Crippen LogP contribution in [-0.4, -0.2) is 34.8 Å². The summed E-state index contributed by atoms with van der Waals surface area (Å²) < 4.78 is 11.3. The lowest BCUT2D eigenvalue weighted by Gasteiger charge is -2.25. The van der Waals surface area contributed by atoms with E-state index in [2.05, 4.69) is 21.2 Å². The lowest BCUT2D eigenvalue weighted by atomic mass is 9.86. The summed E-state index contributed by atoms with van der Waals surface area (Å²) in [6, 6.07) is 5.47. The quantitative estimate of drug-likeness (QED) is 0.422. The van der Waals surface area contributed by atoms with Gasteiger partial charge in [0.2, 0.25) is 5.91 Å². The molecule has 2 aromatic rings. The van der Waals surface area contributed by atoms with Crippen molar-refractivity contribution >= 4 is 23.5 Å². The molecule has 0 fully saturated rings. The normalized spacial score (nSPS) is 15.3. The second kappa shape index (κ2) is 8.85. The van der Waals surface area contributed by atoms with Crippen molar-refractivity contribution in [3.8, 4) is 23.8 Å². The number of carbonyl (C=O) groups is 1. The number of amides is 1. The number of aromatic amines is 1. The summed E-state index contributed by atoms with van der Waals surface area (Å²) in [6.45, 7) is 4.76. The highest BCUT2D eigenvalue weighted by molar-refractivity contribution is 7.99. The maximum absolute atomic E-state index is 12.8. The summed E-state index contributed by atoms with van der Waals surface area (Å²) in [5, 5.41) is 3.08. The number of aromatic nitrogens is 2. The first-order valence-corrected chi connectivity index (χ1v) is 9.95. The summed E-state index contributed by atoms with van der Waals surface area (Å²) >= 11 is 1.23. The van der Waals surface area contributed by atoms with Crippen molar-refractivity contribution in [2.24, 2.45) is 0 Å². The Morgan fingerprint density at radius 2 is 2.00 bits per heavy atom. The largest absolute Gasteiger partial charge is 0.490 e. The van der Waals surface area contributed by atoms with Crippen molar-refractivity contribution in [3.05, 3.63) is 39.7 Å². The number of benzene rings is 1. The lowest BCUT2D eigenvalue weighted by molar-refractivity contribution is -0.116. The van der Waals surface area contributed by atoms with Crippen molar-refractivity contribution in [3.63, 3.8) is 0 Å². The molecular weight excluding hydrogens is 378 g/mol. The maximum atomic E-state index is 12.8. The van der Waals surface area contributed by atoms with Gasteiger partial charge in [0.05, 0.1) is 24.5 Å². The van der Waals surface area contributed by atoms with Crippen LogP contribution >= 0.6 is 11.8 Å². The monoisotopic (exact) mass is 399 g/mol. The van der Waals surface area contributed by atoms with E-state index in [-0.39, 0.29) is 23.7 Å². The Morgan fingerprint density at radius 1 is 1.25 bits per heavy atom. The molecular formula is C20H21N3O4S. The van der Waals surface area contributed by atoms with Crippen LogP contribution in [0.2, 0.25) is 0 Å². The first-order valence-electron chi connectivity index (χ1n) is 8.97. The van der Waals surface area contributed by atoms with Gasteiger partial charge in [-0.2, -0.15) is 0 Å². The van der Waals surface area contributed by atoms with Crippen LogP contribution in [0.15, 0.2) is 28.2 Å². The lowest BCUT2D eigenvalue weighted by Crippen LogP contribution is -2.31. The van der Waals surface area contributed by atoms with E-state index in [1.54, 1.807) is 6.07 Å². The Hall–Kier alpha value is -2.92. The fraction of sp³-hybridized carbons (Fsp3) is 0.350. The van der Waals surface area contributed by atoms with Crippen LogP contribution in [0.1, 0.15) is 37.3 Å². The van der Waals surface area contributed by atoms with E-state index in [0.29, 0.717) is 41.2 Å². The SMILES string of the molecule is C#CCSc1nc2c(c(=O)[nH]1)[C@@H](c1ccc(OCC)c(OCC)c1)CC(=O)N2. The number of thioether (sulfide) groups is 1. The summed E-state index contributed by atoms with van der Waals surface area (Å²) in [5.74, 6) is 3.71. The van der Waals surface area contributed by atoms with Crippen LogP contribution < -0.4 is 20.3 Å². The molecule has 146 valence electrons. The molecule has 1 aliphatic rings. The first kappa shape index (κ1) is 19.8. The number of nitrogens with one attached hydrogen (secondary N) is 2. The zero-order valence-electron chi connectivity index (χ0n) is 15.7. The van der Waals surface area contributed by atoms with Crippen LogP contribution in [0.4, 0.5) is 5.82 Å². The average molecular weight is 399 g/mol. The Labute approximate surface area is 167 Å². The summed E-state index contributed by atoms with van der Waals surface area (Å²) in [5.41, 5.74) is 0.928. The van der Waals surface area contributed by atoms with Gasteiger partial charge < -0.3 is 19.8 Å². The molecule has 0 unspecified atom stereocenters. The number of hydrogen-bond donors (Lipinski definition) is 2. The third-order valence-corrected chi connectivity index (χ3v) is 4.97. The van der Waals surface area contributed by atoms with Gasteiger partial charge in [-0.3, -0.25) is 9.59 Å². The van der Waals surface area contributed by atoms with E-state index >= 15 is 0 Å². The molecule has 28 heavy (non-hydrogen) atoms. The summed E-state index contributed by atoms with van der Waals surface area (Å²) in [7, 11) is 0. The summed E-state index contributed by atoms with van der Waals surface area (Å²) in [6.07, 6.45) is 5.41. The first-order chi connectivity index (χ1) is 13.6. The number of terminal acetylenes is 1. The van der Waals surface area contributed by atoms with E-state index in [0.717, 1.165) is 5.56 Å². The van der Waals surface area contributed by atoms with Crippen molar-refractivity contribution < 1.29 is 14.3 Å². The number of anilines is 1. The van der Waals surface area contributed by atoms with Crippen LogP contribution in [0, 0.1) is 12.3 Å². The van der Waals surface area contributed by atoms with Crippen molar-refractivity contribution in [1.82, 2.24) is 9.97 Å². The molecule has 0 saturated carbocycles. The van der Waals surface area contributed by atoms with Crippen LogP contribution in [-0.2, 0) is 4.79 Å². The highest BCUT2D eigenvalue weighted by Gasteiger charge is 2.31. The Morgan fingerprint density at radius 3 is 2.71 bits per heavy atom. The Kier molecular flexibility index (Phi) is 6.26. The highest BCUT2D eigenvalue weighted by Crippen LogP contribution is 2.38. The van der Waals surface area contributed by atoms with Gasteiger partial charge in [-0.05, 0) is 31.5 Å². The predicted octanol–water partition coefficient (Wildman–Crippen LogP) is 2.77. The minimum atomic E-state index is -0.429. The zero-order valence-corrected chi connectivity index (χ0v) is 16.5. The minimum absolute atomic E-state index is 0.147. The standard InChI is InChI=1S/C20H21N3O4S/c1-4-9-28-20-22-18-17(19(25)23-20)13(11-16(24)21-18)12-7-8-14(26-5-2)15(10-12)27-6-3/h1,7-8,10,13H,5-6,9,11H2,2-3H3,(H2,21,22,23,24,25)/t13-/m1/s1. The number of nitrogens with zero attached hydrogens (tertiary/aromatic N) is 1. The van der Waals surface area contributed by atoms with E-state index in [4.69, 9.17) is 15.9 Å². The second-order valence-electron chi connectivity index (χ2n) is 6.00. The van der Waals surface area contributed by atoms with Gasteiger partial charge in [-0.15, -0.1) is 6.42 Å². The third-order valence-electron chi connectivity index (χ3n) is 4.19. The number of hydrogen-bond acceptors (Lipinski definition) is 6. The van der Waals surface area contributed by atoms with Crippen LogP contribution in [0.25, 0.3) is 0 Å². The van der Waals surface area contributed by atoms with Gasteiger partial charge in [-0.1, -0.05) is 23.7 Å². The molecule has 0 saturated heterocycles. The zero-order chi connectivity index (χ0) is 20.1. The highest BCUT2D eigenvalue weighted by atomic mass is 32.2. The van der Waals surface area contributed by atoms with Crippen molar-refractivity contribution in [2.75, 3.05) is 24.3 Å². The van der Waals surface area contributed by atoms with Crippen molar-refractivity contribution in [2.45, 2.75) is 31.3 Å². The Bertz CT molecular complexity index is 980. The number of ether oxygens (including phenoxy) is 2. The van der Waals surface area contributed by atoms with E-state index in [1.165, 1.54) is 11.8 Å². The van der Waals surface area contributed by atoms with Gasteiger partial charge in [0.15, 0.2) is 16.7 Å². The number of rotatable bonds is 7. The third kappa shape index (κ3) is 4.15. The van der Waals surface area contributed by atoms with E-state index < -0.39 is 5.92 Å². The molecule has 2 heterocycles. The number of H-pyrrole nitrogens is 1. The molecule has 1 aromatic carbocycles. The molecule has 0 bridgehead atoms. The molecule has 1 atom stereocenters. The molecule has 1 amide bonds.